The Bertz CT molecular complexity index is 121. The van der Waals surface area contributed by atoms with Crippen LogP contribution in [-0.4, -0.2) is 37.6 Å². The van der Waals surface area contributed by atoms with Crippen molar-refractivity contribution in [1.29, 1.82) is 0 Å². The van der Waals surface area contributed by atoms with Gasteiger partial charge in [-0.1, -0.05) is 0 Å². The van der Waals surface area contributed by atoms with Crippen LogP contribution >= 0.6 is 0 Å². The van der Waals surface area contributed by atoms with Crippen LogP contribution in [0.4, 0.5) is 0 Å². The first-order valence-corrected chi connectivity index (χ1v) is 4.10. The average Bonchev–Trinajstić information content (AvgIpc) is 2.06. The van der Waals surface area contributed by atoms with Crippen molar-refractivity contribution in [1.82, 2.24) is 4.90 Å². The molecule has 3 nitrogen and oxygen atoms in total. The van der Waals surface area contributed by atoms with Gasteiger partial charge in [0, 0.05) is 20.2 Å². The van der Waals surface area contributed by atoms with Gasteiger partial charge in [0.2, 0.25) is 6.41 Å². The summed E-state index contributed by atoms with van der Waals surface area (Å²) in [6, 6.07) is 0. The van der Waals surface area contributed by atoms with E-state index in [1.807, 2.05) is 0 Å². The highest BCUT2D eigenvalue weighted by Gasteiger charge is 2.14. The topological polar surface area (TPSA) is 29.5 Å². The Labute approximate surface area is 67.3 Å². The lowest BCUT2D eigenvalue weighted by Crippen LogP contribution is -2.32. The summed E-state index contributed by atoms with van der Waals surface area (Å²) >= 11 is 0. The van der Waals surface area contributed by atoms with E-state index in [4.69, 9.17) is 4.74 Å². The van der Waals surface area contributed by atoms with Crippen molar-refractivity contribution in [3.8, 4) is 0 Å². The third-order valence-corrected chi connectivity index (χ3v) is 1.95. The fourth-order valence-electron chi connectivity index (χ4n) is 1.32. The summed E-state index contributed by atoms with van der Waals surface area (Å²) in [4.78, 5) is 11.9. The average molecular weight is 157 g/mol. The van der Waals surface area contributed by atoms with Gasteiger partial charge >= 0.3 is 0 Å². The molecule has 0 aromatic rings. The second kappa shape index (κ2) is 4.34. The number of likely N-dealkylation sites (N-methyl/N-ethyl adjacent to an activating group) is 1. The van der Waals surface area contributed by atoms with E-state index in [9.17, 15) is 4.79 Å². The number of hydrogen-bond acceptors (Lipinski definition) is 2. The Morgan fingerprint density at radius 2 is 2.45 bits per heavy atom. The number of rotatable bonds is 3. The summed E-state index contributed by atoms with van der Waals surface area (Å²) in [7, 11) is 1.78. The minimum absolute atomic E-state index is 0.277. The molecule has 1 fully saturated rings. The number of carbonyl (C=O) groups excluding carboxylic acids is 1. The standard InChI is InChI=1S/C8H15NO2/c1-9(7-10)6-8-4-2-3-5-11-8/h7-8H,2-6H2,1H3. The van der Waals surface area contributed by atoms with E-state index in [-0.39, 0.29) is 6.10 Å². The number of amides is 1. The Morgan fingerprint density at radius 1 is 1.64 bits per heavy atom. The smallest absolute Gasteiger partial charge is 0.209 e. The second-order valence-corrected chi connectivity index (χ2v) is 3.03. The lowest BCUT2D eigenvalue weighted by atomic mass is 10.1. The van der Waals surface area contributed by atoms with Gasteiger partial charge in [-0.3, -0.25) is 4.79 Å². The van der Waals surface area contributed by atoms with E-state index in [1.165, 1.54) is 12.8 Å². The second-order valence-electron chi connectivity index (χ2n) is 3.03. The first kappa shape index (κ1) is 8.53. The summed E-state index contributed by atoms with van der Waals surface area (Å²) in [5.74, 6) is 0. The van der Waals surface area contributed by atoms with Crippen molar-refractivity contribution in [2.24, 2.45) is 0 Å². The molecule has 1 amide bonds. The van der Waals surface area contributed by atoms with Gasteiger partial charge in [-0.05, 0) is 19.3 Å². The predicted molar refractivity (Wildman–Crippen MR) is 42.3 cm³/mol. The highest BCUT2D eigenvalue weighted by atomic mass is 16.5. The molecule has 1 atom stereocenters. The van der Waals surface area contributed by atoms with Gasteiger partial charge in [-0.15, -0.1) is 0 Å². The zero-order valence-electron chi connectivity index (χ0n) is 6.95. The van der Waals surface area contributed by atoms with Gasteiger partial charge in [0.25, 0.3) is 0 Å². The summed E-state index contributed by atoms with van der Waals surface area (Å²) in [5.41, 5.74) is 0. The minimum atomic E-state index is 0.277. The molecule has 0 radical (unpaired) electrons. The van der Waals surface area contributed by atoms with Crippen LogP contribution in [0.25, 0.3) is 0 Å². The molecule has 0 aromatic heterocycles. The van der Waals surface area contributed by atoms with Crippen molar-refractivity contribution in [3.63, 3.8) is 0 Å². The van der Waals surface area contributed by atoms with Gasteiger partial charge in [-0.2, -0.15) is 0 Å². The minimum Gasteiger partial charge on any atom is -0.376 e. The number of hydrogen-bond donors (Lipinski definition) is 0. The molecule has 0 aromatic carbocycles. The van der Waals surface area contributed by atoms with Gasteiger partial charge < -0.3 is 9.64 Å². The lowest BCUT2D eigenvalue weighted by molar-refractivity contribution is -0.119. The zero-order chi connectivity index (χ0) is 8.10. The first-order valence-electron chi connectivity index (χ1n) is 4.10. The Balaban J connectivity index is 2.18. The SMILES string of the molecule is CN(C=O)CC1CCCCO1. The molecule has 0 bridgehead atoms. The van der Waals surface area contributed by atoms with E-state index in [1.54, 1.807) is 11.9 Å². The molecule has 64 valence electrons. The fourth-order valence-corrected chi connectivity index (χ4v) is 1.32. The first-order chi connectivity index (χ1) is 5.33. The molecule has 0 saturated carbocycles. The molecule has 1 rings (SSSR count). The van der Waals surface area contributed by atoms with Crippen LogP contribution in [-0.2, 0) is 9.53 Å². The van der Waals surface area contributed by atoms with Crippen LogP contribution in [0, 0.1) is 0 Å². The molecule has 0 N–H and O–H groups in total. The van der Waals surface area contributed by atoms with Crippen LogP contribution in [0.5, 0.6) is 0 Å². The zero-order valence-corrected chi connectivity index (χ0v) is 6.95. The molecular formula is C8H15NO2. The highest BCUT2D eigenvalue weighted by molar-refractivity contribution is 5.46. The van der Waals surface area contributed by atoms with E-state index in [0.29, 0.717) is 0 Å². The molecule has 11 heavy (non-hydrogen) atoms. The molecule has 0 aliphatic carbocycles. The number of nitrogens with zero attached hydrogens (tertiary/aromatic N) is 1. The molecule has 1 saturated heterocycles. The molecule has 1 heterocycles. The van der Waals surface area contributed by atoms with Crippen LogP contribution in [0.1, 0.15) is 19.3 Å². The van der Waals surface area contributed by atoms with Crippen LogP contribution in [0.15, 0.2) is 0 Å². The van der Waals surface area contributed by atoms with Gasteiger partial charge in [0.1, 0.15) is 0 Å². The molecular weight excluding hydrogens is 142 g/mol. The lowest BCUT2D eigenvalue weighted by Gasteiger charge is -2.25. The molecule has 1 aliphatic heterocycles. The maximum absolute atomic E-state index is 10.2. The maximum atomic E-state index is 10.2. The van der Waals surface area contributed by atoms with Crippen LogP contribution in [0.2, 0.25) is 0 Å². The summed E-state index contributed by atoms with van der Waals surface area (Å²) in [6.45, 7) is 1.60. The van der Waals surface area contributed by atoms with Crippen LogP contribution < -0.4 is 0 Å². The Morgan fingerprint density at radius 3 is 3.00 bits per heavy atom. The van der Waals surface area contributed by atoms with Crippen molar-refractivity contribution in [2.45, 2.75) is 25.4 Å². The predicted octanol–water partition coefficient (Wildman–Crippen LogP) is 0.644. The van der Waals surface area contributed by atoms with Crippen molar-refractivity contribution in [2.75, 3.05) is 20.2 Å². The van der Waals surface area contributed by atoms with Crippen molar-refractivity contribution >= 4 is 6.41 Å². The maximum Gasteiger partial charge on any atom is 0.209 e. The third kappa shape index (κ3) is 2.89. The van der Waals surface area contributed by atoms with E-state index >= 15 is 0 Å². The molecule has 3 heteroatoms. The van der Waals surface area contributed by atoms with E-state index in [0.717, 1.165) is 26.0 Å². The van der Waals surface area contributed by atoms with Crippen LogP contribution in [0.3, 0.4) is 0 Å². The quantitative estimate of drug-likeness (QED) is 0.563. The highest BCUT2D eigenvalue weighted by Crippen LogP contribution is 2.12. The molecule has 0 spiro atoms. The number of carbonyl (C=O) groups is 1. The van der Waals surface area contributed by atoms with Gasteiger partial charge in [-0.25, -0.2) is 0 Å². The fraction of sp³-hybridized carbons (Fsp3) is 0.875. The normalized spacial score (nSPS) is 24.6. The van der Waals surface area contributed by atoms with E-state index < -0.39 is 0 Å². The monoisotopic (exact) mass is 157 g/mol. The van der Waals surface area contributed by atoms with Crippen molar-refractivity contribution in [3.05, 3.63) is 0 Å². The summed E-state index contributed by atoms with van der Waals surface area (Å²) in [6.07, 6.45) is 4.62. The summed E-state index contributed by atoms with van der Waals surface area (Å²) in [5, 5.41) is 0. The van der Waals surface area contributed by atoms with Gasteiger partial charge in [0.15, 0.2) is 0 Å². The molecule has 1 unspecified atom stereocenters. The Kier molecular flexibility index (Phi) is 3.36. The largest absolute Gasteiger partial charge is 0.376 e. The third-order valence-electron chi connectivity index (χ3n) is 1.95. The number of ether oxygens (including phenoxy) is 1. The van der Waals surface area contributed by atoms with Gasteiger partial charge in [0.05, 0.1) is 6.10 Å². The summed E-state index contributed by atoms with van der Waals surface area (Å²) < 4.78 is 5.45. The van der Waals surface area contributed by atoms with Crippen molar-refractivity contribution < 1.29 is 9.53 Å². The van der Waals surface area contributed by atoms with E-state index in [2.05, 4.69) is 0 Å². The molecule has 1 aliphatic rings. The Hall–Kier alpha value is -0.570.